The van der Waals surface area contributed by atoms with Gasteiger partial charge in [-0.2, -0.15) is 4.31 Å². The van der Waals surface area contributed by atoms with E-state index in [1.54, 1.807) is 10.5 Å². The summed E-state index contributed by atoms with van der Waals surface area (Å²) in [6.07, 6.45) is 2.37. The first kappa shape index (κ1) is 15.8. The minimum atomic E-state index is -3.20. The van der Waals surface area contributed by atoms with Gasteiger partial charge in [-0.3, -0.25) is 4.90 Å². The van der Waals surface area contributed by atoms with Crippen molar-refractivity contribution in [2.24, 2.45) is 0 Å². The molecule has 2 aromatic rings. The average molecular weight is 347 g/mol. The first-order chi connectivity index (χ1) is 11.6. The molecule has 0 spiro atoms. The van der Waals surface area contributed by atoms with Crippen LogP contribution in [-0.4, -0.2) is 54.2 Å². The molecule has 1 saturated carbocycles. The predicted octanol–water partition coefficient (Wildman–Crippen LogP) is 1.68. The van der Waals surface area contributed by atoms with Crippen LogP contribution in [0.1, 0.15) is 23.7 Å². The van der Waals surface area contributed by atoms with E-state index >= 15 is 0 Å². The Balaban J connectivity index is 1.35. The first-order valence-corrected chi connectivity index (χ1v) is 9.81. The van der Waals surface area contributed by atoms with E-state index in [9.17, 15) is 8.42 Å². The van der Waals surface area contributed by atoms with Gasteiger partial charge in [0.25, 0.3) is 0 Å². The highest BCUT2D eigenvalue weighted by molar-refractivity contribution is 7.90. The van der Waals surface area contributed by atoms with E-state index in [0.29, 0.717) is 19.6 Å². The Morgan fingerprint density at radius 3 is 2.50 bits per heavy atom. The van der Waals surface area contributed by atoms with E-state index in [1.165, 1.54) is 0 Å². The molecule has 0 amide bonds. The zero-order valence-electron chi connectivity index (χ0n) is 13.4. The summed E-state index contributed by atoms with van der Waals surface area (Å²) in [5.74, 6) is 0.973. The summed E-state index contributed by atoms with van der Waals surface area (Å²) < 4.78 is 32.5. The molecule has 2 atom stereocenters. The van der Waals surface area contributed by atoms with Crippen LogP contribution in [0.15, 0.2) is 47.1 Å². The molecule has 1 aliphatic heterocycles. The van der Waals surface area contributed by atoms with Crippen LogP contribution in [0.3, 0.4) is 0 Å². The van der Waals surface area contributed by atoms with Crippen LogP contribution >= 0.6 is 0 Å². The van der Waals surface area contributed by atoms with E-state index < -0.39 is 10.0 Å². The van der Waals surface area contributed by atoms with E-state index in [4.69, 9.17) is 4.52 Å². The molecule has 0 radical (unpaired) electrons. The highest BCUT2D eigenvalue weighted by Gasteiger charge is 2.50. The Hall–Kier alpha value is -1.70. The maximum atomic E-state index is 12.8. The van der Waals surface area contributed by atoms with Gasteiger partial charge >= 0.3 is 0 Å². The summed E-state index contributed by atoms with van der Waals surface area (Å²) in [7, 11) is -3.20. The van der Waals surface area contributed by atoms with Gasteiger partial charge in [0, 0.05) is 38.2 Å². The van der Waals surface area contributed by atoms with E-state index in [0.717, 1.165) is 30.8 Å². The predicted molar refractivity (Wildman–Crippen MR) is 89.9 cm³/mol. The van der Waals surface area contributed by atoms with Gasteiger partial charge < -0.3 is 4.52 Å². The summed E-state index contributed by atoms with van der Waals surface area (Å²) in [6.45, 7) is 3.23. The van der Waals surface area contributed by atoms with Crippen LogP contribution in [0.5, 0.6) is 0 Å². The van der Waals surface area contributed by atoms with Gasteiger partial charge in [0.2, 0.25) is 10.0 Å². The Labute approximate surface area is 142 Å². The lowest BCUT2D eigenvalue weighted by Crippen LogP contribution is -2.49. The minimum Gasteiger partial charge on any atom is -0.360 e. The SMILES string of the molecule is O=S(=O)(C1CC1c1ccccc1)N1CCN(Cc2ccno2)CC1. The topological polar surface area (TPSA) is 66.7 Å². The summed E-state index contributed by atoms with van der Waals surface area (Å²) in [5.41, 5.74) is 1.13. The number of piperazine rings is 1. The fourth-order valence-electron chi connectivity index (χ4n) is 3.43. The zero-order chi connectivity index (χ0) is 16.6. The third-order valence-electron chi connectivity index (χ3n) is 4.90. The van der Waals surface area contributed by atoms with Crippen molar-refractivity contribution < 1.29 is 12.9 Å². The Morgan fingerprint density at radius 2 is 1.83 bits per heavy atom. The summed E-state index contributed by atoms with van der Waals surface area (Å²) in [4.78, 5) is 2.20. The van der Waals surface area contributed by atoms with Gasteiger partial charge in [-0.05, 0) is 12.0 Å². The fraction of sp³-hybridized carbons (Fsp3) is 0.471. The van der Waals surface area contributed by atoms with E-state index in [2.05, 4.69) is 10.1 Å². The molecule has 1 aromatic carbocycles. The van der Waals surface area contributed by atoms with Crippen LogP contribution in [0.25, 0.3) is 0 Å². The van der Waals surface area contributed by atoms with Crippen LogP contribution in [0, 0.1) is 0 Å². The van der Waals surface area contributed by atoms with Crippen molar-refractivity contribution in [3.05, 3.63) is 53.9 Å². The molecule has 6 nitrogen and oxygen atoms in total. The quantitative estimate of drug-likeness (QED) is 0.823. The molecule has 1 aliphatic carbocycles. The lowest BCUT2D eigenvalue weighted by atomic mass is 10.1. The van der Waals surface area contributed by atoms with E-state index in [1.807, 2.05) is 36.4 Å². The van der Waals surface area contributed by atoms with Crippen molar-refractivity contribution in [2.75, 3.05) is 26.2 Å². The van der Waals surface area contributed by atoms with Crippen LogP contribution in [-0.2, 0) is 16.6 Å². The Morgan fingerprint density at radius 1 is 1.08 bits per heavy atom. The largest absolute Gasteiger partial charge is 0.360 e. The van der Waals surface area contributed by atoms with Crippen LogP contribution < -0.4 is 0 Å². The maximum Gasteiger partial charge on any atom is 0.217 e. The minimum absolute atomic E-state index is 0.156. The van der Waals surface area contributed by atoms with Crippen molar-refractivity contribution >= 4 is 10.0 Å². The standard InChI is InChI=1S/C17H21N3O3S/c21-24(22,17-12-16(17)14-4-2-1-3-5-14)20-10-8-19(9-11-20)13-15-6-7-18-23-15/h1-7,16-17H,8-13H2. The van der Waals surface area contributed by atoms with Crippen molar-refractivity contribution in [1.82, 2.24) is 14.4 Å². The lowest BCUT2D eigenvalue weighted by Gasteiger charge is -2.33. The van der Waals surface area contributed by atoms with Crippen molar-refractivity contribution in [2.45, 2.75) is 24.1 Å². The highest BCUT2D eigenvalue weighted by Crippen LogP contribution is 2.47. The van der Waals surface area contributed by atoms with Gasteiger partial charge in [-0.15, -0.1) is 0 Å². The summed E-state index contributed by atoms with van der Waals surface area (Å²) in [6, 6.07) is 11.8. The molecule has 2 fully saturated rings. The van der Waals surface area contributed by atoms with Crippen molar-refractivity contribution in [3.8, 4) is 0 Å². The molecule has 2 aliphatic rings. The highest BCUT2D eigenvalue weighted by atomic mass is 32.2. The molecule has 2 heterocycles. The van der Waals surface area contributed by atoms with Gasteiger partial charge in [0.1, 0.15) is 0 Å². The average Bonchev–Trinajstić information content (AvgIpc) is 3.28. The molecule has 0 bridgehead atoms. The molecule has 24 heavy (non-hydrogen) atoms. The second-order valence-electron chi connectivity index (χ2n) is 6.49. The number of aromatic nitrogens is 1. The molecule has 2 unspecified atom stereocenters. The number of sulfonamides is 1. The number of hydrogen-bond acceptors (Lipinski definition) is 5. The number of benzene rings is 1. The van der Waals surface area contributed by atoms with E-state index in [-0.39, 0.29) is 11.2 Å². The lowest BCUT2D eigenvalue weighted by molar-refractivity contribution is 0.166. The van der Waals surface area contributed by atoms with Gasteiger partial charge in [-0.1, -0.05) is 35.5 Å². The number of hydrogen-bond donors (Lipinski definition) is 0. The first-order valence-electron chi connectivity index (χ1n) is 8.30. The number of nitrogens with zero attached hydrogens (tertiary/aromatic N) is 3. The van der Waals surface area contributed by atoms with Crippen LogP contribution in [0.2, 0.25) is 0 Å². The third kappa shape index (κ3) is 3.11. The van der Waals surface area contributed by atoms with Crippen molar-refractivity contribution in [1.29, 1.82) is 0 Å². The monoisotopic (exact) mass is 347 g/mol. The van der Waals surface area contributed by atoms with Crippen LogP contribution in [0.4, 0.5) is 0 Å². The molecule has 1 saturated heterocycles. The van der Waals surface area contributed by atoms with Gasteiger partial charge in [-0.25, -0.2) is 8.42 Å². The molecule has 0 N–H and O–H groups in total. The summed E-state index contributed by atoms with van der Waals surface area (Å²) >= 11 is 0. The molecular formula is C17H21N3O3S. The molecule has 128 valence electrons. The van der Waals surface area contributed by atoms with Gasteiger partial charge in [0.05, 0.1) is 18.0 Å². The molecule has 7 heteroatoms. The van der Waals surface area contributed by atoms with Crippen molar-refractivity contribution in [3.63, 3.8) is 0 Å². The molecule has 4 rings (SSSR count). The maximum absolute atomic E-state index is 12.8. The normalized spacial score (nSPS) is 25.7. The molecular weight excluding hydrogens is 326 g/mol. The Bertz CT molecular complexity index is 769. The fourth-order valence-corrected chi connectivity index (χ4v) is 5.51. The van der Waals surface area contributed by atoms with Gasteiger partial charge in [0.15, 0.2) is 5.76 Å². The second kappa shape index (κ2) is 6.31. The summed E-state index contributed by atoms with van der Waals surface area (Å²) in [5, 5.41) is 3.45. The molecule has 1 aromatic heterocycles. The second-order valence-corrected chi connectivity index (χ2v) is 8.64. The number of rotatable bonds is 5. The zero-order valence-corrected chi connectivity index (χ0v) is 14.2. The third-order valence-corrected chi connectivity index (χ3v) is 7.28. The smallest absolute Gasteiger partial charge is 0.217 e. The Kier molecular flexibility index (Phi) is 4.15.